The average Bonchev–Trinajstić information content (AvgIpc) is 3.13. The molecule has 10 nitrogen and oxygen atoms in total. The molecule has 0 amide bonds. The molecule has 0 bridgehead atoms. The predicted molar refractivity (Wildman–Crippen MR) is 63.5 cm³/mol. The second-order valence-corrected chi connectivity index (χ2v) is 3.74. The molecular weight excluding hydrogens is 330 g/mol. The van der Waals surface area contributed by atoms with E-state index in [1.165, 1.54) is 0 Å². The van der Waals surface area contributed by atoms with Crippen LogP contribution >= 0.6 is 0 Å². The number of carbonyl (C=O) groups is 4. The molecule has 2 aliphatic heterocycles. The Morgan fingerprint density at radius 2 is 0.800 bits per heavy atom. The summed E-state index contributed by atoms with van der Waals surface area (Å²) >= 11 is 0. The van der Waals surface area contributed by atoms with Gasteiger partial charge >= 0.3 is 23.9 Å². The maximum absolute atomic E-state index is 10.1. The third-order valence-corrected chi connectivity index (χ3v) is 2.52. The zero-order valence-electron chi connectivity index (χ0n) is 10.8. The van der Waals surface area contributed by atoms with Gasteiger partial charge in [-0.1, -0.05) is 0 Å². The van der Waals surface area contributed by atoms with E-state index in [4.69, 9.17) is 20.4 Å². The molecule has 0 aromatic rings. The van der Waals surface area contributed by atoms with Crippen molar-refractivity contribution in [2.75, 3.05) is 13.1 Å². The van der Waals surface area contributed by atoms with Crippen molar-refractivity contribution in [2.45, 2.75) is 11.1 Å². The van der Waals surface area contributed by atoms with Gasteiger partial charge in [-0.2, -0.15) is 0 Å². The Labute approximate surface area is 197 Å². The first-order valence-corrected chi connectivity index (χ1v) is 4.63. The van der Waals surface area contributed by atoms with Crippen molar-refractivity contribution < 1.29 is 39.6 Å². The molecule has 2 heterocycles. The van der Waals surface area contributed by atoms with E-state index in [0.717, 1.165) is 0 Å². The topological polar surface area (TPSA) is 193 Å². The molecular formula is C8H10K2N2O8. The number of rotatable bonds is 4. The van der Waals surface area contributed by atoms with Crippen molar-refractivity contribution in [2.24, 2.45) is 0 Å². The molecule has 0 unspecified atom stereocenters. The fourth-order valence-corrected chi connectivity index (χ4v) is 0.965. The van der Waals surface area contributed by atoms with Crippen LogP contribution in [0.4, 0.5) is 0 Å². The molecule has 0 saturated carbocycles. The number of hydrogen-bond acceptors (Lipinski definition) is 6. The van der Waals surface area contributed by atoms with E-state index in [-0.39, 0.29) is 116 Å². The first-order valence-electron chi connectivity index (χ1n) is 4.63. The molecule has 0 aromatic carbocycles. The smallest absolute Gasteiger partial charge is 0.337 e. The Morgan fingerprint density at radius 3 is 0.800 bits per heavy atom. The Morgan fingerprint density at radius 1 is 0.650 bits per heavy atom. The van der Waals surface area contributed by atoms with Crippen LogP contribution in [0, 0.1) is 0 Å². The molecule has 12 heteroatoms. The number of hydrogen-bond donors (Lipinski definition) is 6. The minimum absolute atomic E-state index is 0. The summed E-state index contributed by atoms with van der Waals surface area (Å²) in [4.78, 5) is 40.3. The van der Waals surface area contributed by atoms with E-state index < -0.39 is 35.0 Å². The maximum Gasteiger partial charge on any atom is 0.337 e. The molecule has 6 N–H and O–H groups in total. The van der Waals surface area contributed by atoms with E-state index in [2.05, 4.69) is 10.6 Å². The maximum atomic E-state index is 10.1. The minimum Gasteiger partial charge on any atom is -0.479 e. The SMILES string of the molecule is O=C(O)C1(C(=O)O)CN1.O=C(O)C1(C(=O)O)CN1.[K].[K]. The van der Waals surface area contributed by atoms with E-state index in [1.54, 1.807) is 0 Å². The molecule has 0 aromatic heterocycles. The summed E-state index contributed by atoms with van der Waals surface area (Å²) in [6.45, 7) is 0.0509. The van der Waals surface area contributed by atoms with Gasteiger partial charge in [0.2, 0.25) is 11.1 Å². The molecule has 2 aliphatic rings. The fraction of sp³-hybridized carbons (Fsp3) is 0.500. The first-order chi connectivity index (χ1) is 8.19. The van der Waals surface area contributed by atoms with E-state index in [9.17, 15) is 19.2 Å². The molecule has 0 spiro atoms. The Kier molecular flexibility index (Phi) is 10.1. The molecule has 0 atom stereocenters. The van der Waals surface area contributed by atoms with Crippen molar-refractivity contribution in [3.8, 4) is 0 Å². The fourth-order valence-electron chi connectivity index (χ4n) is 0.965. The van der Waals surface area contributed by atoms with Crippen molar-refractivity contribution in [1.29, 1.82) is 0 Å². The third-order valence-electron chi connectivity index (χ3n) is 2.52. The van der Waals surface area contributed by atoms with Crippen LogP contribution in [-0.4, -0.2) is 171 Å². The zero-order chi connectivity index (χ0) is 14.1. The van der Waals surface area contributed by atoms with E-state index in [1.807, 2.05) is 0 Å². The molecule has 2 fully saturated rings. The molecule has 2 saturated heterocycles. The summed E-state index contributed by atoms with van der Waals surface area (Å²) in [6, 6.07) is 0. The summed E-state index contributed by atoms with van der Waals surface area (Å²) in [5, 5.41) is 37.4. The number of carboxylic acid groups (broad SMARTS) is 4. The summed E-state index contributed by atoms with van der Waals surface area (Å²) < 4.78 is 0. The van der Waals surface area contributed by atoms with Gasteiger partial charge in [-0.25, -0.2) is 19.2 Å². The van der Waals surface area contributed by atoms with Gasteiger partial charge in [-0.3, -0.25) is 10.6 Å². The van der Waals surface area contributed by atoms with Gasteiger partial charge in [0, 0.05) is 116 Å². The molecule has 102 valence electrons. The van der Waals surface area contributed by atoms with Gasteiger partial charge in [-0.05, 0) is 0 Å². The monoisotopic (exact) mass is 340 g/mol. The Hall–Kier alpha value is 1.07. The first kappa shape index (κ1) is 23.3. The van der Waals surface area contributed by atoms with Crippen LogP contribution in [0.5, 0.6) is 0 Å². The van der Waals surface area contributed by atoms with Crippen molar-refractivity contribution in [3.05, 3.63) is 0 Å². The van der Waals surface area contributed by atoms with Crippen LogP contribution in [0.3, 0.4) is 0 Å². The predicted octanol–water partition coefficient (Wildman–Crippen LogP) is -3.77. The van der Waals surface area contributed by atoms with Crippen molar-refractivity contribution in [1.82, 2.24) is 10.6 Å². The van der Waals surface area contributed by atoms with Crippen LogP contribution in [0.1, 0.15) is 0 Å². The van der Waals surface area contributed by atoms with Crippen molar-refractivity contribution in [3.63, 3.8) is 0 Å². The van der Waals surface area contributed by atoms with Crippen LogP contribution in [0.25, 0.3) is 0 Å². The number of carboxylic acids is 4. The van der Waals surface area contributed by atoms with Gasteiger partial charge in [0.25, 0.3) is 0 Å². The largest absolute Gasteiger partial charge is 0.479 e. The third kappa shape index (κ3) is 5.06. The molecule has 2 rings (SSSR count). The van der Waals surface area contributed by atoms with Crippen LogP contribution in [0.15, 0.2) is 0 Å². The van der Waals surface area contributed by atoms with Gasteiger partial charge in [0.1, 0.15) is 0 Å². The molecule has 2 radical (unpaired) electrons. The minimum atomic E-state index is -1.67. The van der Waals surface area contributed by atoms with Crippen LogP contribution < -0.4 is 10.6 Å². The summed E-state index contributed by atoms with van der Waals surface area (Å²) in [6.07, 6.45) is 0. The summed E-state index contributed by atoms with van der Waals surface area (Å²) in [5.41, 5.74) is -3.33. The van der Waals surface area contributed by atoms with Gasteiger partial charge < -0.3 is 20.4 Å². The zero-order valence-corrected chi connectivity index (χ0v) is 17.1. The summed E-state index contributed by atoms with van der Waals surface area (Å²) in [7, 11) is 0. The number of aliphatic carboxylic acids is 4. The van der Waals surface area contributed by atoms with E-state index in [0.29, 0.717) is 0 Å². The van der Waals surface area contributed by atoms with Gasteiger partial charge in [0.05, 0.1) is 0 Å². The Bertz CT molecular complexity index is 360. The van der Waals surface area contributed by atoms with E-state index >= 15 is 0 Å². The normalized spacial score (nSPS) is 18.8. The number of nitrogens with one attached hydrogen (secondary N) is 2. The van der Waals surface area contributed by atoms with Gasteiger partial charge in [-0.15, -0.1) is 0 Å². The average molecular weight is 340 g/mol. The standard InChI is InChI=1S/2C4H5NO4.2K/c2*6-2(7)4(1-5-4)3(8)9;;/h2*5H,1H2,(H,6,7)(H,8,9);;. The second kappa shape index (κ2) is 8.64. The van der Waals surface area contributed by atoms with Crippen LogP contribution in [-0.2, 0) is 19.2 Å². The summed E-state index contributed by atoms with van der Waals surface area (Å²) in [5.74, 6) is -5.30. The molecule has 0 aliphatic carbocycles. The van der Waals surface area contributed by atoms with Gasteiger partial charge in [0.15, 0.2) is 0 Å². The van der Waals surface area contributed by atoms with Crippen LogP contribution in [0.2, 0.25) is 0 Å². The quantitative estimate of drug-likeness (QED) is 0.168. The molecule has 20 heavy (non-hydrogen) atoms. The second-order valence-electron chi connectivity index (χ2n) is 3.74. The Balaban J connectivity index is 0. The van der Waals surface area contributed by atoms with Crippen molar-refractivity contribution >= 4 is 127 Å².